The molecule has 0 N–H and O–H groups in total. The fourth-order valence-corrected chi connectivity index (χ4v) is 4.74. The first-order chi connectivity index (χ1) is 18.4. The van der Waals surface area contributed by atoms with E-state index in [0.717, 1.165) is 27.4 Å². The number of aromatic nitrogens is 5. The maximum absolute atomic E-state index is 13.6. The van der Waals surface area contributed by atoms with Crippen molar-refractivity contribution in [2.24, 2.45) is 0 Å². The van der Waals surface area contributed by atoms with Gasteiger partial charge in [0.1, 0.15) is 6.54 Å². The Kier molecular flexibility index (Phi) is 5.25. The Balaban J connectivity index is 1.62. The SMILES string of the molecule is CC(C)(C#N)c1ccc(-n2c(=O)n(CC#N)c3cnc4ccc(-c5cnc6ccccc6c5)cc4c32)cn1. The molecule has 182 valence electrons. The van der Waals surface area contributed by atoms with Crippen LogP contribution in [0.25, 0.3) is 49.7 Å². The molecule has 0 fully saturated rings. The summed E-state index contributed by atoms with van der Waals surface area (Å²) in [6.45, 7) is 3.47. The summed E-state index contributed by atoms with van der Waals surface area (Å²) in [5.41, 5.74) is 4.72. The number of pyridine rings is 3. The summed E-state index contributed by atoms with van der Waals surface area (Å²) in [5.74, 6) is 0. The van der Waals surface area contributed by atoms with Crippen molar-refractivity contribution in [1.29, 1.82) is 10.5 Å². The molecule has 0 aliphatic heterocycles. The molecule has 4 heterocycles. The number of rotatable bonds is 4. The van der Waals surface area contributed by atoms with E-state index in [4.69, 9.17) is 0 Å². The van der Waals surface area contributed by atoms with Crippen LogP contribution >= 0.6 is 0 Å². The molecular formula is C30H21N7O. The van der Waals surface area contributed by atoms with E-state index >= 15 is 0 Å². The molecule has 6 aromatic rings. The van der Waals surface area contributed by atoms with Gasteiger partial charge >= 0.3 is 5.69 Å². The van der Waals surface area contributed by atoms with Gasteiger partial charge < -0.3 is 0 Å². The fourth-order valence-electron chi connectivity index (χ4n) is 4.74. The fraction of sp³-hybridized carbons (Fsp3) is 0.133. The number of nitriles is 2. The van der Waals surface area contributed by atoms with E-state index in [1.165, 1.54) is 4.57 Å². The van der Waals surface area contributed by atoms with Crippen LogP contribution in [-0.2, 0) is 12.0 Å². The molecular weight excluding hydrogens is 474 g/mol. The molecule has 8 heteroatoms. The Labute approximate surface area is 217 Å². The van der Waals surface area contributed by atoms with Crippen LogP contribution in [-0.4, -0.2) is 24.1 Å². The molecule has 0 radical (unpaired) electrons. The van der Waals surface area contributed by atoms with Crippen LogP contribution in [0.15, 0.2) is 84.0 Å². The lowest BCUT2D eigenvalue weighted by Gasteiger charge is -2.15. The average molecular weight is 496 g/mol. The highest BCUT2D eigenvalue weighted by Crippen LogP contribution is 2.31. The van der Waals surface area contributed by atoms with Gasteiger partial charge in [-0.05, 0) is 55.8 Å². The highest BCUT2D eigenvalue weighted by molar-refractivity contribution is 6.05. The summed E-state index contributed by atoms with van der Waals surface area (Å²) in [6, 6.07) is 23.8. The minimum atomic E-state index is -0.766. The molecule has 4 aromatic heterocycles. The van der Waals surface area contributed by atoms with Gasteiger partial charge in [0.05, 0.1) is 63.4 Å². The summed E-state index contributed by atoms with van der Waals surface area (Å²) in [7, 11) is 0. The lowest BCUT2D eigenvalue weighted by Crippen LogP contribution is -2.23. The van der Waals surface area contributed by atoms with E-state index in [1.807, 2.05) is 48.7 Å². The van der Waals surface area contributed by atoms with Crippen LogP contribution in [0, 0.1) is 22.7 Å². The van der Waals surface area contributed by atoms with Crippen molar-refractivity contribution in [3.8, 4) is 29.0 Å². The third-order valence-corrected chi connectivity index (χ3v) is 6.84. The second-order valence-electron chi connectivity index (χ2n) is 9.64. The summed E-state index contributed by atoms with van der Waals surface area (Å²) >= 11 is 0. The standard InChI is InChI=1S/C30H21N7O/c1-30(2,18-32)27-10-8-22(16-35-27)37-28-23-14-19(21-13-20-5-3-4-6-24(20)33-15-21)7-9-25(23)34-17-26(28)36(12-11-31)29(37)38/h3-10,13-17H,12H2,1-2H3. The number of benzene rings is 2. The summed E-state index contributed by atoms with van der Waals surface area (Å²) < 4.78 is 2.98. The molecule has 0 aliphatic rings. The zero-order valence-corrected chi connectivity index (χ0v) is 20.8. The van der Waals surface area contributed by atoms with Crippen molar-refractivity contribution < 1.29 is 0 Å². The maximum atomic E-state index is 13.6. The van der Waals surface area contributed by atoms with Gasteiger partial charge in [-0.15, -0.1) is 0 Å². The Morgan fingerprint density at radius 1 is 0.868 bits per heavy atom. The smallest absolute Gasteiger partial charge is 0.276 e. The van der Waals surface area contributed by atoms with E-state index in [-0.39, 0.29) is 12.2 Å². The van der Waals surface area contributed by atoms with Crippen LogP contribution in [0.5, 0.6) is 0 Å². The first-order valence-electron chi connectivity index (χ1n) is 12.1. The van der Waals surface area contributed by atoms with Crippen molar-refractivity contribution in [2.45, 2.75) is 25.8 Å². The number of hydrogen-bond donors (Lipinski definition) is 0. The monoisotopic (exact) mass is 495 g/mol. The van der Waals surface area contributed by atoms with Crippen molar-refractivity contribution in [1.82, 2.24) is 24.1 Å². The van der Waals surface area contributed by atoms with Crippen molar-refractivity contribution in [3.05, 3.63) is 95.4 Å². The molecule has 38 heavy (non-hydrogen) atoms. The lowest BCUT2D eigenvalue weighted by molar-refractivity contribution is 0.658. The number of hydrogen-bond acceptors (Lipinski definition) is 6. The Bertz CT molecular complexity index is 2020. The molecule has 0 amide bonds. The average Bonchev–Trinajstić information content (AvgIpc) is 3.24. The van der Waals surface area contributed by atoms with Gasteiger partial charge in [-0.25, -0.2) is 4.79 Å². The van der Waals surface area contributed by atoms with Crippen molar-refractivity contribution in [3.63, 3.8) is 0 Å². The molecule has 0 unspecified atom stereocenters. The molecule has 0 bridgehead atoms. The summed E-state index contributed by atoms with van der Waals surface area (Å²) in [6.07, 6.45) is 5.06. The normalized spacial score (nSPS) is 11.6. The Hall–Kier alpha value is -5.34. The largest absolute Gasteiger partial charge is 0.334 e. The van der Waals surface area contributed by atoms with E-state index < -0.39 is 5.41 Å². The highest BCUT2D eigenvalue weighted by Gasteiger charge is 2.23. The van der Waals surface area contributed by atoms with Gasteiger partial charge in [0, 0.05) is 22.5 Å². The molecule has 0 aliphatic carbocycles. The second-order valence-corrected chi connectivity index (χ2v) is 9.64. The molecule has 0 saturated carbocycles. The minimum absolute atomic E-state index is 0.114. The third-order valence-electron chi connectivity index (χ3n) is 6.84. The lowest BCUT2D eigenvalue weighted by atomic mass is 9.91. The number of imidazole rings is 1. The first kappa shape index (κ1) is 23.1. The van der Waals surface area contributed by atoms with Gasteiger partial charge in [0.15, 0.2) is 0 Å². The Morgan fingerprint density at radius 3 is 2.45 bits per heavy atom. The topological polar surface area (TPSA) is 113 Å². The Morgan fingerprint density at radius 2 is 1.68 bits per heavy atom. The molecule has 6 rings (SSSR count). The van der Waals surface area contributed by atoms with Crippen molar-refractivity contribution >= 4 is 32.8 Å². The van der Waals surface area contributed by atoms with Crippen LogP contribution in [0.4, 0.5) is 0 Å². The van der Waals surface area contributed by atoms with Gasteiger partial charge in [0.2, 0.25) is 0 Å². The van der Waals surface area contributed by atoms with E-state index in [0.29, 0.717) is 27.9 Å². The third kappa shape index (κ3) is 3.59. The van der Waals surface area contributed by atoms with E-state index in [2.05, 4.69) is 33.2 Å². The molecule has 0 atom stereocenters. The van der Waals surface area contributed by atoms with E-state index in [9.17, 15) is 15.3 Å². The maximum Gasteiger partial charge on any atom is 0.334 e. The van der Waals surface area contributed by atoms with E-state index in [1.54, 1.807) is 42.9 Å². The van der Waals surface area contributed by atoms with Gasteiger partial charge in [0.25, 0.3) is 0 Å². The predicted octanol–water partition coefficient (Wildman–Crippen LogP) is 5.28. The second kappa shape index (κ2) is 8.65. The van der Waals surface area contributed by atoms with Crippen molar-refractivity contribution in [2.75, 3.05) is 0 Å². The number of para-hydroxylation sites is 1. The number of fused-ring (bicyclic) bond motifs is 4. The van der Waals surface area contributed by atoms with Gasteiger partial charge in [-0.1, -0.05) is 24.3 Å². The van der Waals surface area contributed by atoms with Gasteiger partial charge in [-0.2, -0.15) is 10.5 Å². The molecule has 8 nitrogen and oxygen atoms in total. The molecule has 0 spiro atoms. The highest BCUT2D eigenvalue weighted by atomic mass is 16.1. The summed E-state index contributed by atoms with van der Waals surface area (Å²) in [4.78, 5) is 27.3. The molecule has 2 aromatic carbocycles. The van der Waals surface area contributed by atoms with Gasteiger partial charge in [-0.3, -0.25) is 24.1 Å². The quantitative estimate of drug-likeness (QED) is 0.329. The van der Waals surface area contributed by atoms with Crippen LogP contribution in [0.2, 0.25) is 0 Å². The minimum Gasteiger partial charge on any atom is -0.276 e. The number of nitrogens with zero attached hydrogens (tertiary/aromatic N) is 7. The van der Waals surface area contributed by atoms with Crippen LogP contribution in [0.1, 0.15) is 19.5 Å². The zero-order valence-electron chi connectivity index (χ0n) is 20.8. The molecule has 0 saturated heterocycles. The zero-order chi connectivity index (χ0) is 26.4. The predicted molar refractivity (Wildman–Crippen MR) is 146 cm³/mol. The summed E-state index contributed by atoms with van der Waals surface area (Å²) in [5, 5.41) is 20.7. The first-order valence-corrected chi connectivity index (χ1v) is 12.1. The van der Waals surface area contributed by atoms with Crippen LogP contribution in [0.3, 0.4) is 0 Å². The van der Waals surface area contributed by atoms with Crippen LogP contribution < -0.4 is 5.69 Å².